The van der Waals surface area contributed by atoms with Crippen LogP contribution >= 0.6 is 0 Å². The molecule has 1 aliphatic rings. The molecule has 1 rings (SSSR count). The number of aliphatic carboxylic acids is 1. The fourth-order valence-electron chi connectivity index (χ4n) is 1.44. The summed E-state index contributed by atoms with van der Waals surface area (Å²) in [7, 11) is -4.07. The van der Waals surface area contributed by atoms with Crippen LogP contribution in [0.5, 0.6) is 0 Å². The second-order valence-electron chi connectivity index (χ2n) is 5.19. The topological polar surface area (TPSA) is 71.4 Å². The van der Waals surface area contributed by atoms with Gasteiger partial charge in [0.1, 0.15) is 0 Å². The van der Waals surface area contributed by atoms with E-state index in [1.807, 2.05) is 0 Å². The van der Waals surface area contributed by atoms with Gasteiger partial charge >= 0.3 is 5.97 Å². The molecule has 0 aliphatic heterocycles. The summed E-state index contributed by atoms with van der Waals surface area (Å²) in [6.07, 6.45) is -10.1. The molecule has 0 aromatic heterocycles. The Bertz CT molecular complexity index is 608. The van der Waals surface area contributed by atoms with Crippen LogP contribution in [0.3, 0.4) is 0 Å². The molecule has 0 amide bonds. The van der Waals surface area contributed by atoms with E-state index in [0.717, 1.165) is 0 Å². The molecule has 1 aliphatic carbocycles. The zero-order valence-electron chi connectivity index (χ0n) is 16.2. The lowest BCUT2D eigenvalue weighted by Crippen LogP contribution is -2.44. The van der Waals surface area contributed by atoms with Gasteiger partial charge in [-0.25, -0.2) is 8.42 Å². The maximum atomic E-state index is 12.4. The molecule has 1 unspecified atom stereocenters. The summed E-state index contributed by atoms with van der Waals surface area (Å²) < 4.78 is 70.5. The first-order chi connectivity index (χ1) is 9.86. The van der Waals surface area contributed by atoms with E-state index in [-0.39, 0.29) is 0 Å². The van der Waals surface area contributed by atoms with Gasteiger partial charge in [-0.1, -0.05) is 19.2 Å². The van der Waals surface area contributed by atoms with Crippen LogP contribution in [-0.4, -0.2) is 30.0 Å². The van der Waals surface area contributed by atoms with Crippen molar-refractivity contribution in [2.45, 2.75) is 57.5 Å². The van der Waals surface area contributed by atoms with Crippen LogP contribution in [0.15, 0.2) is 0 Å². The molecule has 0 saturated heterocycles. The molecular weight excluding hydrogens is 240 g/mol. The molecule has 1 saturated carbocycles. The Balaban J connectivity index is 3.57. The second kappa shape index (κ2) is 4.59. The summed E-state index contributed by atoms with van der Waals surface area (Å²) in [6, 6.07) is 0. The Kier molecular flexibility index (Phi) is 2.10. The van der Waals surface area contributed by atoms with Gasteiger partial charge in [0.2, 0.25) is 0 Å². The molecule has 5 heteroatoms. The van der Waals surface area contributed by atoms with E-state index in [4.69, 9.17) is 8.22 Å². The van der Waals surface area contributed by atoms with E-state index in [9.17, 15) is 18.3 Å². The molecular formula is C12H22O4S. The first-order valence-electron chi connectivity index (χ1n) is 8.31. The lowest BCUT2D eigenvalue weighted by Gasteiger charge is -2.35. The molecule has 1 atom stereocenters. The third kappa shape index (κ3) is 3.00. The van der Waals surface area contributed by atoms with Crippen molar-refractivity contribution < 1.29 is 26.5 Å². The third-order valence-electron chi connectivity index (χ3n) is 2.85. The minimum absolute atomic E-state index is 0.578. The van der Waals surface area contributed by atoms with Crippen LogP contribution in [0.2, 0.25) is 0 Å². The van der Waals surface area contributed by atoms with Crippen LogP contribution in [0.1, 0.15) is 61.0 Å². The number of sulfone groups is 1. The molecule has 17 heavy (non-hydrogen) atoms. The highest BCUT2D eigenvalue weighted by atomic mass is 32.2. The van der Waals surface area contributed by atoms with Gasteiger partial charge < -0.3 is 5.11 Å². The standard InChI is InChI=1S/C12H22O4S/c1-11(2,3)17(15,16)9-12(10(13)14)7-5-4-6-8-12/h4-9H2,1-3H3,(H,13,14)/i4D2,5D2,7D2. The lowest BCUT2D eigenvalue weighted by atomic mass is 9.76. The van der Waals surface area contributed by atoms with Gasteiger partial charge in [-0.05, 0) is 33.6 Å². The maximum absolute atomic E-state index is 12.4. The second-order valence-corrected chi connectivity index (χ2v) is 7.93. The third-order valence-corrected chi connectivity index (χ3v) is 5.58. The number of hydrogen-bond donors (Lipinski definition) is 1. The van der Waals surface area contributed by atoms with Crippen molar-refractivity contribution in [1.82, 2.24) is 0 Å². The molecule has 1 N–H and O–H groups in total. The Morgan fingerprint density at radius 1 is 1.41 bits per heavy atom. The largest absolute Gasteiger partial charge is 0.481 e. The molecule has 0 radical (unpaired) electrons. The summed E-state index contributed by atoms with van der Waals surface area (Å²) in [5, 5.41) is 9.56. The molecule has 4 nitrogen and oxygen atoms in total. The van der Waals surface area contributed by atoms with Crippen molar-refractivity contribution in [3.05, 3.63) is 0 Å². The van der Waals surface area contributed by atoms with Gasteiger partial charge in [0.15, 0.2) is 9.84 Å². The number of carboxylic acids is 1. The van der Waals surface area contributed by atoms with Crippen molar-refractivity contribution in [3.63, 3.8) is 0 Å². The van der Waals surface area contributed by atoms with Gasteiger partial charge in [-0.3, -0.25) is 4.79 Å². The summed E-state index contributed by atoms with van der Waals surface area (Å²) in [6.45, 7) is 4.05. The monoisotopic (exact) mass is 268 g/mol. The quantitative estimate of drug-likeness (QED) is 0.852. The van der Waals surface area contributed by atoms with Crippen LogP contribution in [0, 0.1) is 5.41 Å². The molecule has 100 valence electrons. The smallest absolute Gasteiger partial charge is 0.310 e. The fourth-order valence-corrected chi connectivity index (χ4v) is 2.86. The van der Waals surface area contributed by atoms with Gasteiger partial charge in [0, 0.05) is 8.22 Å². The van der Waals surface area contributed by atoms with Gasteiger partial charge in [0.25, 0.3) is 0 Å². The Hall–Kier alpha value is -0.580. The zero-order valence-corrected chi connectivity index (χ0v) is 11.0. The molecule has 0 heterocycles. The molecule has 0 aromatic rings. The first kappa shape index (κ1) is 7.77. The Labute approximate surface area is 112 Å². The number of rotatable bonds is 3. The summed E-state index contributed by atoms with van der Waals surface area (Å²) in [5.74, 6) is -2.85. The zero-order chi connectivity index (χ0) is 18.7. The van der Waals surface area contributed by atoms with E-state index in [2.05, 4.69) is 0 Å². The Morgan fingerprint density at radius 3 is 2.47 bits per heavy atom. The minimum Gasteiger partial charge on any atom is -0.481 e. The lowest BCUT2D eigenvalue weighted by molar-refractivity contribution is -0.149. The van der Waals surface area contributed by atoms with Crippen molar-refractivity contribution in [1.29, 1.82) is 0 Å². The maximum Gasteiger partial charge on any atom is 0.310 e. The summed E-state index contributed by atoms with van der Waals surface area (Å²) in [4.78, 5) is 11.8. The fraction of sp³-hybridized carbons (Fsp3) is 0.917. The van der Waals surface area contributed by atoms with Crippen molar-refractivity contribution >= 4 is 15.8 Å². The van der Waals surface area contributed by atoms with Crippen LogP contribution < -0.4 is 0 Å². The van der Waals surface area contributed by atoms with Crippen molar-refractivity contribution in [2.75, 3.05) is 5.75 Å². The van der Waals surface area contributed by atoms with Crippen LogP contribution in [0.4, 0.5) is 0 Å². The SMILES string of the molecule is [2H]C1([2H])CCC(CS(=O)(=O)C(C)(C)C)(C(=O)O)C([2H])([2H])C1([2H])[2H]. The van der Waals surface area contributed by atoms with Gasteiger partial charge in [-0.2, -0.15) is 0 Å². The highest BCUT2D eigenvalue weighted by Crippen LogP contribution is 2.39. The molecule has 1 fully saturated rings. The van der Waals surface area contributed by atoms with Crippen LogP contribution in [0.25, 0.3) is 0 Å². The summed E-state index contributed by atoms with van der Waals surface area (Å²) >= 11 is 0. The number of carbonyl (C=O) groups is 1. The van der Waals surface area contributed by atoms with E-state index in [0.29, 0.717) is 0 Å². The summed E-state index contributed by atoms with van der Waals surface area (Å²) in [5.41, 5.74) is -2.55. The van der Waals surface area contributed by atoms with E-state index in [1.165, 1.54) is 20.8 Å². The van der Waals surface area contributed by atoms with Gasteiger partial charge in [0.05, 0.1) is 15.9 Å². The highest BCUT2D eigenvalue weighted by molar-refractivity contribution is 7.92. The number of carboxylic acid groups (broad SMARTS) is 1. The Morgan fingerprint density at radius 2 is 2.00 bits per heavy atom. The highest BCUT2D eigenvalue weighted by Gasteiger charge is 2.46. The van der Waals surface area contributed by atoms with Crippen molar-refractivity contribution in [3.8, 4) is 0 Å². The van der Waals surface area contributed by atoms with E-state index >= 15 is 0 Å². The van der Waals surface area contributed by atoms with E-state index in [1.54, 1.807) is 0 Å². The minimum atomic E-state index is -4.07. The predicted molar refractivity (Wildman–Crippen MR) is 66.7 cm³/mol. The average molecular weight is 268 g/mol. The van der Waals surface area contributed by atoms with Crippen molar-refractivity contribution in [2.24, 2.45) is 5.41 Å². The van der Waals surface area contributed by atoms with Crippen LogP contribution in [-0.2, 0) is 14.6 Å². The normalized spacial score (nSPS) is 40.9. The molecule has 0 bridgehead atoms. The number of hydrogen-bond acceptors (Lipinski definition) is 3. The predicted octanol–water partition coefficient (Wildman–Crippen LogP) is 2.23. The molecule has 0 spiro atoms. The first-order valence-corrected chi connectivity index (χ1v) is 6.97. The average Bonchev–Trinajstić information content (AvgIpc) is 2.30. The van der Waals surface area contributed by atoms with Gasteiger partial charge in [-0.15, -0.1) is 0 Å². The van der Waals surface area contributed by atoms with E-state index < -0.39 is 63.7 Å². The molecule has 0 aromatic carbocycles.